The van der Waals surface area contributed by atoms with Crippen LogP contribution in [0.1, 0.15) is 13.8 Å². The maximum atomic E-state index is 4.39. The van der Waals surface area contributed by atoms with Crippen LogP contribution in [0, 0.1) is 17.4 Å². The fraction of sp³-hybridized carbons (Fsp3) is 0.273. The summed E-state index contributed by atoms with van der Waals surface area (Å²) in [4.78, 5) is 4.39. The van der Waals surface area contributed by atoms with Gasteiger partial charge in [-0.15, -0.1) is 0 Å². The summed E-state index contributed by atoms with van der Waals surface area (Å²) in [7, 11) is 0. The molecule has 0 N–H and O–H groups in total. The third-order valence-corrected chi connectivity index (χ3v) is 2.49. The minimum atomic E-state index is -0.00685. The van der Waals surface area contributed by atoms with Gasteiger partial charge in [-0.2, -0.15) is 0 Å². The Bertz CT molecular complexity index is 321. The van der Waals surface area contributed by atoms with Crippen molar-refractivity contribution in [1.82, 2.24) is 0 Å². The number of aliphatic imine (C=N–C) groups is 1. The van der Waals surface area contributed by atoms with Gasteiger partial charge in [0.1, 0.15) is 0 Å². The van der Waals surface area contributed by atoms with Gasteiger partial charge in [0.15, 0.2) is 0 Å². The number of fused-ring (bicyclic) bond motifs is 1. The van der Waals surface area contributed by atoms with Gasteiger partial charge in [0, 0.05) is 11.1 Å². The van der Waals surface area contributed by atoms with Crippen molar-refractivity contribution in [1.29, 1.82) is 0 Å². The van der Waals surface area contributed by atoms with Gasteiger partial charge in [-0.25, -0.2) is 0 Å². The monoisotopic (exact) mass is 180 g/mol. The van der Waals surface area contributed by atoms with Crippen LogP contribution in [0.25, 0.3) is 0 Å². The van der Waals surface area contributed by atoms with E-state index in [-0.39, 0.29) is 35.0 Å². The van der Waals surface area contributed by atoms with Crippen LogP contribution >= 0.6 is 0 Å². The second kappa shape index (κ2) is 3.49. The molecule has 0 bridgehead atoms. The maximum absolute atomic E-state index is 4.39. The maximum Gasteiger partial charge on any atom is 1.00 e. The zero-order valence-electron chi connectivity index (χ0n) is 8.39. The molecule has 1 aliphatic carbocycles. The van der Waals surface area contributed by atoms with E-state index in [1.165, 1.54) is 5.92 Å². The van der Waals surface area contributed by atoms with Crippen molar-refractivity contribution in [2.75, 3.05) is 0 Å². The molecule has 0 unspecified atom stereocenters. The normalized spacial score (nSPS) is 22.5. The molecule has 60 valence electrons. The summed E-state index contributed by atoms with van der Waals surface area (Å²) in [6.45, 7) is 8.22. The van der Waals surface area contributed by atoms with Gasteiger partial charge in [-0.05, 0) is 24.1 Å². The fourth-order valence-electron chi connectivity index (χ4n) is 1.46. The minimum Gasteiger partial charge on any atom is -0.253 e. The first-order valence-electron chi connectivity index (χ1n) is 4.04. The van der Waals surface area contributed by atoms with E-state index < -0.39 is 0 Å². The van der Waals surface area contributed by atoms with E-state index in [1.54, 1.807) is 0 Å². The molecule has 0 aromatic carbocycles. The Morgan fingerprint density at radius 2 is 2.23 bits per heavy atom. The van der Waals surface area contributed by atoms with Crippen molar-refractivity contribution in [3.8, 4) is 0 Å². The number of nitrogens with zero attached hydrogens (tertiary/aromatic N) is 1. The van der Waals surface area contributed by atoms with Crippen molar-refractivity contribution >= 4 is 5.71 Å². The number of hydrogen-bond donors (Lipinski definition) is 0. The average molecular weight is 180 g/mol. The zero-order chi connectivity index (χ0) is 8.77. The standard InChI is InChI=1S/C11H11N.Na/c1-8-11(2,3)9-6-4-5-7-10(9)12-8;/h5-7H,1H2,2-3H3;/q;+1. The molecule has 2 heteroatoms. The van der Waals surface area contributed by atoms with Gasteiger partial charge in [-0.3, -0.25) is 4.99 Å². The van der Waals surface area contributed by atoms with Crippen LogP contribution in [0.5, 0.6) is 0 Å². The van der Waals surface area contributed by atoms with Crippen molar-refractivity contribution < 1.29 is 29.6 Å². The molecule has 2 aliphatic rings. The summed E-state index contributed by atoms with van der Waals surface area (Å²) in [6, 6.07) is 0. The van der Waals surface area contributed by atoms with Crippen molar-refractivity contribution in [2.24, 2.45) is 10.4 Å². The molecular formula is C11H11NNa+. The molecule has 0 saturated heterocycles. The van der Waals surface area contributed by atoms with Gasteiger partial charge in [0.2, 0.25) is 0 Å². The summed E-state index contributed by atoms with van der Waals surface area (Å²) in [6.07, 6.45) is 8.93. The Morgan fingerprint density at radius 3 is 2.85 bits per heavy atom. The molecular weight excluding hydrogens is 169 g/mol. The third kappa shape index (κ3) is 1.56. The quantitative estimate of drug-likeness (QED) is 0.351. The predicted octanol–water partition coefficient (Wildman–Crippen LogP) is -0.511. The molecule has 0 aromatic rings. The second-order valence-electron chi connectivity index (χ2n) is 3.63. The van der Waals surface area contributed by atoms with E-state index in [0.717, 1.165) is 11.4 Å². The van der Waals surface area contributed by atoms with Gasteiger partial charge in [0.25, 0.3) is 0 Å². The first-order valence-corrected chi connectivity index (χ1v) is 4.04. The van der Waals surface area contributed by atoms with E-state index in [9.17, 15) is 0 Å². The van der Waals surface area contributed by atoms with Gasteiger partial charge in [-0.1, -0.05) is 26.5 Å². The largest absolute Gasteiger partial charge is 1.00 e. The Labute approximate surface area is 102 Å². The summed E-state index contributed by atoms with van der Waals surface area (Å²) in [5, 5.41) is 0. The number of allylic oxidation sites excluding steroid dienone is 5. The molecule has 0 saturated carbocycles. The first-order chi connectivity index (χ1) is 5.62. The van der Waals surface area contributed by atoms with E-state index in [0.29, 0.717) is 0 Å². The summed E-state index contributed by atoms with van der Waals surface area (Å²) in [5.41, 5.74) is 1.98. The van der Waals surface area contributed by atoms with Crippen LogP contribution in [0.2, 0.25) is 0 Å². The van der Waals surface area contributed by atoms with Crippen molar-refractivity contribution in [3.63, 3.8) is 0 Å². The fourth-order valence-corrected chi connectivity index (χ4v) is 1.46. The molecule has 0 fully saturated rings. The Kier molecular flexibility index (Phi) is 2.91. The van der Waals surface area contributed by atoms with Crippen LogP contribution < -0.4 is 29.6 Å². The Morgan fingerprint density at radius 1 is 1.54 bits per heavy atom. The molecule has 2 rings (SSSR count). The van der Waals surface area contributed by atoms with Crippen molar-refractivity contribution in [2.45, 2.75) is 13.8 Å². The molecule has 1 heterocycles. The van der Waals surface area contributed by atoms with Crippen molar-refractivity contribution in [3.05, 3.63) is 42.5 Å². The van der Waals surface area contributed by atoms with Gasteiger partial charge < -0.3 is 0 Å². The smallest absolute Gasteiger partial charge is 0.253 e. The number of hydrogen-bond acceptors (Lipinski definition) is 1. The molecule has 13 heavy (non-hydrogen) atoms. The molecule has 0 aromatic heterocycles. The van der Waals surface area contributed by atoms with E-state index in [1.807, 2.05) is 18.2 Å². The number of rotatable bonds is 0. The van der Waals surface area contributed by atoms with E-state index in [4.69, 9.17) is 0 Å². The van der Waals surface area contributed by atoms with Crippen LogP contribution in [0.3, 0.4) is 0 Å². The third-order valence-electron chi connectivity index (χ3n) is 2.49. The molecule has 0 spiro atoms. The Balaban J connectivity index is 0.000000845. The Hall–Kier alpha value is -0.240. The predicted molar refractivity (Wildman–Crippen MR) is 50.6 cm³/mol. The summed E-state index contributed by atoms with van der Waals surface area (Å²) in [5.74, 6) is 1.23. The second-order valence-corrected chi connectivity index (χ2v) is 3.63. The van der Waals surface area contributed by atoms with Gasteiger partial charge >= 0.3 is 29.6 Å². The molecule has 1 nitrogen and oxygen atoms in total. The van der Waals surface area contributed by atoms with Gasteiger partial charge in [0.05, 0.1) is 5.71 Å². The van der Waals surface area contributed by atoms with E-state index >= 15 is 0 Å². The average Bonchev–Trinajstić information content (AvgIpc) is 2.25. The van der Waals surface area contributed by atoms with Crippen LogP contribution in [-0.4, -0.2) is 5.71 Å². The molecule has 0 atom stereocenters. The summed E-state index contributed by atoms with van der Waals surface area (Å²) < 4.78 is 0. The van der Waals surface area contributed by atoms with Crippen LogP contribution in [0.4, 0.5) is 0 Å². The minimum absolute atomic E-state index is 0. The molecule has 0 radical (unpaired) electrons. The van der Waals surface area contributed by atoms with E-state index in [2.05, 4.69) is 31.5 Å². The van der Waals surface area contributed by atoms with Crippen LogP contribution in [0.15, 0.2) is 35.5 Å². The topological polar surface area (TPSA) is 12.4 Å². The SMILES string of the molecule is C=C1N=C2C=C[C-]=C[C+]2C1(C)C.[Na+]. The zero-order valence-corrected chi connectivity index (χ0v) is 10.4. The molecule has 1 aliphatic heterocycles. The van der Waals surface area contributed by atoms with Crippen LogP contribution in [-0.2, 0) is 0 Å². The first kappa shape index (κ1) is 10.8. The summed E-state index contributed by atoms with van der Waals surface area (Å²) >= 11 is 0. The molecule has 0 amide bonds.